The first kappa shape index (κ1) is 15.6. The summed E-state index contributed by atoms with van der Waals surface area (Å²) in [5, 5.41) is 11.6. The minimum absolute atomic E-state index is 0.187. The Balaban J connectivity index is 2.42. The van der Waals surface area contributed by atoms with Gasteiger partial charge >= 0.3 is 12.0 Å². The molecule has 0 aromatic heterocycles. The fourth-order valence-corrected chi connectivity index (χ4v) is 1.68. The lowest BCUT2D eigenvalue weighted by molar-refractivity contribution is 0.0697. The third kappa shape index (κ3) is 4.65. The van der Waals surface area contributed by atoms with Crippen LogP contribution < -0.4 is 5.32 Å². The maximum Gasteiger partial charge on any atom is 0.335 e. The topological polar surface area (TPSA) is 69.6 Å². The van der Waals surface area contributed by atoms with Gasteiger partial charge in [-0.2, -0.15) is 0 Å². The minimum atomic E-state index is -0.947. The summed E-state index contributed by atoms with van der Waals surface area (Å²) in [6, 6.07) is 6.41. The average Bonchev–Trinajstić information content (AvgIpc) is 2.45. The van der Waals surface area contributed by atoms with Crippen LogP contribution in [-0.4, -0.2) is 41.6 Å². The Kier molecular flexibility index (Phi) is 6.11. The number of carboxylic acid groups (broad SMARTS) is 1. The molecule has 2 N–H and O–H groups in total. The number of hydrogen-bond donors (Lipinski definition) is 2. The monoisotopic (exact) mass is 274 g/mol. The molecule has 0 aliphatic rings. The molecular formula is C15H18N2O3. The van der Waals surface area contributed by atoms with E-state index in [-0.39, 0.29) is 18.1 Å². The van der Waals surface area contributed by atoms with E-state index in [2.05, 4.69) is 11.2 Å². The lowest BCUT2D eigenvalue weighted by Crippen LogP contribution is -2.40. The van der Waals surface area contributed by atoms with Crippen LogP contribution in [-0.2, 0) is 6.42 Å². The van der Waals surface area contributed by atoms with Gasteiger partial charge in [-0.1, -0.05) is 18.1 Å². The van der Waals surface area contributed by atoms with Gasteiger partial charge in [0.2, 0.25) is 0 Å². The van der Waals surface area contributed by atoms with Gasteiger partial charge in [0, 0.05) is 13.1 Å². The second-order valence-electron chi connectivity index (χ2n) is 4.20. The van der Waals surface area contributed by atoms with Crippen LogP contribution in [0.1, 0.15) is 22.8 Å². The number of terminal acetylenes is 1. The van der Waals surface area contributed by atoms with Crippen molar-refractivity contribution in [1.29, 1.82) is 0 Å². The number of rotatable bonds is 6. The van der Waals surface area contributed by atoms with Crippen LogP contribution in [0.3, 0.4) is 0 Å². The number of aromatic carboxylic acids is 1. The normalized spacial score (nSPS) is 9.60. The summed E-state index contributed by atoms with van der Waals surface area (Å²) < 4.78 is 0. The van der Waals surface area contributed by atoms with Gasteiger partial charge in [0.25, 0.3) is 0 Å². The summed E-state index contributed by atoms with van der Waals surface area (Å²) in [6.07, 6.45) is 5.82. The summed E-state index contributed by atoms with van der Waals surface area (Å²) in [5.74, 6) is 1.49. The SMILES string of the molecule is C#CCN(CC)C(=O)NCCc1ccc(C(=O)O)cc1. The molecule has 20 heavy (non-hydrogen) atoms. The van der Waals surface area contributed by atoms with Gasteiger partial charge in [-0.25, -0.2) is 9.59 Å². The van der Waals surface area contributed by atoms with Gasteiger partial charge in [0.15, 0.2) is 0 Å². The second kappa shape index (κ2) is 7.85. The number of nitrogens with zero attached hydrogens (tertiary/aromatic N) is 1. The molecule has 0 bridgehead atoms. The van der Waals surface area contributed by atoms with Crippen LogP contribution in [0.2, 0.25) is 0 Å². The summed E-state index contributed by atoms with van der Waals surface area (Å²) in [4.78, 5) is 24.0. The number of amides is 2. The molecule has 5 nitrogen and oxygen atoms in total. The van der Waals surface area contributed by atoms with E-state index >= 15 is 0 Å². The molecule has 0 unspecified atom stereocenters. The molecule has 0 saturated carbocycles. The lowest BCUT2D eigenvalue weighted by Gasteiger charge is -2.18. The number of carbonyl (C=O) groups is 2. The van der Waals surface area contributed by atoms with E-state index in [0.29, 0.717) is 19.5 Å². The van der Waals surface area contributed by atoms with Crippen molar-refractivity contribution in [2.75, 3.05) is 19.6 Å². The van der Waals surface area contributed by atoms with Crippen molar-refractivity contribution < 1.29 is 14.7 Å². The molecule has 0 aliphatic heterocycles. The first-order chi connectivity index (χ1) is 9.58. The number of carbonyl (C=O) groups excluding carboxylic acids is 1. The van der Waals surface area contributed by atoms with Crippen molar-refractivity contribution in [2.24, 2.45) is 0 Å². The van der Waals surface area contributed by atoms with E-state index in [1.165, 1.54) is 4.90 Å². The Morgan fingerprint density at radius 2 is 2.00 bits per heavy atom. The largest absolute Gasteiger partial charge is 0.478 e. The zero-order valence-electron chi connectivity index (χ0n) is 11.4. The molecule has 106 valence electrons. The van der Waals surface area contributed by atoms with Gasteiger partial charge in [-0.3, -0.25) is 0 Å². The standard InChI is InChI=1S/C15H18N2O3/c1-3-11-17(4-2)15(20)16-10-9-12-5-7-13(8-6-12)14(18)19/h1,5-8H,4,9-11H2,2H3,(H,16,20)(H,18,19). The van der Waals surface area contributed by atoms with Gasteiger partial charge in [-0.15, -0.1) is 6.42 Å². The van der Waals surface area contributed by atoms with Crippen LogP contribution >= 0.6 is 0 Å². The molecule has 0 spiro atoms. The molecule has 1 aromatic carbocycles. The summed E-state index contributed by atoms with van der Waals surface area (Å²) in [7, 11) is 0. The maximum atomic E-state index is 11.7. The summed E-state index contributed by atoms with van der Waals surface area (Å²) >= 11 is 0. The number of benzene rings is 1. The number of carboxylic acids is 1. The van der Waals surface area contributed by atoms with Crippen LogP contribution in [0.25, 0.3) is 0 Å². The van der Waals surface area contributed by atoms with Gasteiger partial charge in [0.05, 0.1) is 12.1 Å². The fraction of sp³-hybridized carbons (Fsp3) is 0.333. The van der Waals surface area contributed by atoms with Crippen LogP contribution in [0.5, 0.6) is 0 Å². The Hall–Kier alpha value is -2.48. The van der Waals surface area contributed by atoms with Crippen LogP contribution in [0.15, 0.2) is 24.3 Å². The molecule has 1 rings (SSSR count). The van der Waals surface area contributed by atoms with E-state index in [0.717, 1.165) is 5.56 Å². The predicted molar refractivity (Wildman–Crippen MR) is 76.6 cm³/mol. The lowest BCUT2D eigenvalue weighted by atomic mass is 10.1. The van der Waals surface area contributed by atoms with Crippen LogP contribution in [0.4, 0.5) is 4.79 Å². The second-order valence-corrected chi connectivity index (χ2v) is 4.20. The quantitative estimate of drug-likeness (QED) is 0.774. The number of hydrogen-bond acceptors (Lipinski definition) is 2. The molecule has 0 saturated heterocycles. The number of nitrogens with one attached hydrogen (secondary N) is 1. The molecule has 0 atom stereocenters. The van der Waals surface area contributed by atoms with Crippen molar-refractivity contribution in [3.05, 3.63) is 35.4 Å². The zero-order chi connectivity index (χ0) is 15.0. The van der Waals surface area contributed by atoms with Crippen LogP contribution in [0, 0.1) is 12.3 Å². The molecule has 5 heteroatoms. The highest BCUT2D eigenvalue weighted by Crippen LogP contribution is 2.04. The summed E-state index contributed by atoms with van der Waals surface area (Å²) in [6.45, 7) is 3.19. The molecular weight excluding hydrogens is 256 g/mol. The van der Waals surface area contributed by atoms with E-state index in [9.17, 15) is 9.59 Å². The third-order valence-corrected chi connectivity index (χ3v) is 2.84. The van der Waals surface area contributed by atoms with Gasteiger partial charge < -0.3 is 15.3 Å². The molecule has 0 fully saturated rings. The third-order valence-electron chi connectivity index (χ3n) is 2.84. The number of urea groups is 1. The zero-order valence-corrected chi connectivity index (χ0v) is 11.4. The highest BCUT2D eigenvalue weighted by atomic mass is 16.4. The highest BCUT2D eigenvalue weighted by Gasteiger charge is 2.09. The average molecular weight is 274 g/mol. The Morgan fingerprint density at radius 1 is 1.35 bits per heavy atom. The Morgan fingerprint density at radius 3 is 2.50 bits per heavy atom. The smallest absolute Gasteiger partial charge is 0.335 e. The molecule has 0 radical (unpaired) electrons. The first-order valence-corrected chi connectivity index (χ1v) is 6.37. The Labute approximate surface area is 118 Å². The van der Waals surface area contributed by atoms with Gasteiger partial charge in [-0.05, 0) is 31.0 Å². The van der Waals surface area contributed by atoms with E-state index in [1.807, 2.05) is 6.92 Å². The van der Waals surface area contributed by atoms with Crippen molar-refractivity contribution in [1.82, 2.24) is 10.2 Å². The highest BCUT2D eigenvalue weighted by molar-refractivity contribution is 5.87. The fourth-order valence-electron chi connectivity index (χ4n) is 1.68. The van der Waals surface area contributed by atoms with Gasteiger partial charge in [0.1, 0.15) is 0 Å². The molecule has 2 amide bonds. The van der Waals surface area contributed by atoms with Crippen molar-refractivity contribution in [3.8, 4) is 12.3 Å². The first-order valence-electron chi connectivity index (χ1n) is 6.37. The maximum absolute atomic E-state index is 11.7. The van der Waals surface area contributed by atoms with E-state index in [1.54, 1.807) is 24.3 Å². The summed E-state index contributed by atoms with van der Waals surface area (Å²) in [5.41, 5.74) is 1.22. The minimum Gasteiger partial charge on any atom is -0.478 e. The van der Waals surface area contributed by atoms with E-state index < -0.39 is 5.97 Å². The van der Waals surface area contributed by atoms with Crippen molar-refractivity contribution in [3.63, 3.8) is 0 Å². The molecule has 1 aromatic rings. The van der Waals surface area contributed by atoms with Crippen molar-refractivity contribution >= 4 is 12.0 Å². The Bertz CT molecular complexity index is 503. The van der Waals surface area contributed by atoms with Crippen molar-refractivity contribution in [2.45, 2.75) is 13.3 Å². The predicted octanol–water partition coefficient (Wildman–Crippen LogP) is 1.59. The van der Waals surface area contributed by atoms with E-state index in [4.69, 9.17) is 11.5 Å². The molecule has 0 heterocycles. The molecule has 0 aliphatic carbocycles.